The highest BCUT2D eigenvalue weighted by molar-refractivity contribution is 5.79. The molecule has 1 unspecified atom stereocenters. The Balaban J connectivity index is 1.90. The van der Waals surface area contributed by atoms with Gasteiger partial charge in [-0.1, -0.05) is 12.1 Å². The molecule has 0 fully saturated rings. The van der Waals surface area contributed by atoms with Gasteiger partial charge in [-0.3, -0.25) is 0 Å². The summed E-state index contributed by atoms with van der Waals surface area (Å²) in [4.78, 5) is 3.08. The smallest absolute Gasteiger partial charge is 0.265 e. The number of rotatable bonds is 5. The summed E-state index contributed by atoms with van der Waals surface area (Å²) in [7, 11) is 0. The number of aliphatic hydroxyl groups is 1. The summed E-state index contributed by atoms with van der Waals surface area (Å²) < 4.78 is 24.1. The van der Waals surface area contributed by atoms with Crippen molar-refractivity contribution in [2.75, 3.05) is 6.54 Å². The molecule has 0 aliphatic carbocycles. The molecule has 0 spiro atoms. The largest absolute Gasteiger partial charge is 0.386 e. The number of hydrogen-bond acceptors (Lipinski definition) is 2. The van der Waals surface area contributed by atoms with Crippen LogP contribution in [0.25, 0.3) is 10.9 Å². The second-order valence-corrected chi connectivity index (χ2v) is 3.93. The molecule has 1 heterocycles. The van der Waals surface area contributed by atoms with Crippen molar-refractivity contribution in [2.45, 2.75) is 19.1 Å². The van der Waals surface area contributed by atoms with E-state index >= 15 is 0 Å². The van der Waals surface area contributed by atoms with Gasteiger partial charge < -0.3 is 15.4 Å². The van der Waals surface area contributed by atoms with E-state index in [1.807, 2.05) is 30.5 Å². The van der Waals surface area contributed by atoms with Gasteiger partial charge in [0.25, 0.3) is 6.43 Å². The van der Waals surface area contributed by atoms with Crippen molar-refractivity contribution in [3.8, 4) is 0 Å². The molecule has 1 aromatic heterocycles. The Kier molecular flexibility index (Phi) is 3.71. The highest BCUT2D eigenvalue weighted by atomic mass is 19.3. The summed E-state index contributed by atoms with van der Waals surface area (Å²) >= 11 is 0. The fourth-order valence-electron chi connectivity index (χ4n) is 1.66. The lowest BCUT2D eigenvalue weighted by molar-refractivity contribution is -0.00340. The zero-order valence-corrected chi connectivity index (χ0v) is 9.16. The molecule has 2 aromatic rings. The molecule has 0 aliphatic heterocycles. The van der Waals surface area contributed by atoms with E-state index in [1.54, 1.807) is 0 Å². The fraction of sp³-hybridized carbons (Fsp3) is 0.333. The first kappa shape index (κ1) is 12.0. The number of aliphatic hydroxyl groups excluding tert-OH is 1. The van der Waals surface area contributed by atoms with Crippen LogP contribution in [0.3, 0.4) is 0 Å². The molecule has 1 atom stereocenters. The van der Waals surface area contributed by atoms with Crippen LogP contribution in [0.2, 0.25) is 0 Å². The number of halogens is 2. The molecular weight excluding hydrogens is 226 g/mol. The van der Waals surface area contributed by atoms with Crippen LogP contribution < -0.4 is 5.32 Å². The Hall–Kier alpha value is -1.46. The van der Waals surface area contributed by atoms with Crippen LogP contribution in [0.15, 0.2) is 30.5 Å². The molecule has 3 N–H and O–H groups in total. The first-order valence-electron chi connectivity index (χ1n) is 5.40. The molecule has 0 radical (unpaired) electrons. The molecule has 0 amide bonds. The van der Waals surface area contributed by atoms with E-state index in [-0.39, 0.29) is 6.54 Å². The Labute approximate surface area is 97.5 Å². The van der Waals surface area contributed by atoms with Crippen LogP contribution in [0.5, 0.6) is 0 Å². The van der Waals surface area contributed by atoms with Crippen molar-refractivity contribution in [3.05, 3.63) is 36.0 Å². The summed E-state index contributed by atoms with van der Waals surface area (Å²) in [5.74, 6) is 0. The number of benzene rings is 1. The summed E-state index contributed by atoms with van der Waals surface area (Å²) in [6.45, 7) is 0.346. The predicted molar refractivity (Wildman–Crippen MR) is 62.0 cm³/mol. The lowest BCUT2D eigenvalue weighted by atomic mass is 10.1. The van der Waals surface area contributed by atoms with Gasteiger partial charge >= 0.3 is 0 Å². The number of alkyl halides is 2. The Morgan fingerprint density at radius 1 is 1.29 bits per heavy atom. The maximum absolute atomic E-state index is 12.0. The lowest BCUT2D eigenvalue weighted by Gasteiger charge is -2.10. The molecule has 3 nitrogen and oxygen atoms in total. The van der Waals surface area contributed by atoms with Crippen LogP contribution in [-0.2, 0) is 6.54 Å². The van der Waals surface area contributed by atoms with Crippen molar-refractivity contribution in [1.82, 2.24) is 10.3 Å². The van der Waals surface area contributed by atoms with Crippen molar-refractivity contribution < 1.29 is 13.9 Å². The third kappa shape index (κ3) is 3.01. The third-order valence-corrected chi connectivity index (χ3v) is 2.59. The number of aromatic nitrogens is 1. The van der Waals surface area contributed by atoms with E-state index in [9.17, 15) is 8.78 Å². The van der Waals surface area contributed by atoms with E-state index in [0.29, 0.717) is 6.54 Å². The SMILES string of the molecule is OC(CNCc1ccc2cc[nH]c2c1)C(F)F. The zero-order chi connectivity index (χ0) is 12.3. The minimum absolute atomic E-state index is 0.111. The Morgan fingerprint density at radius 2 is 2.12 bits per heavy atom. The second kappa shape index (κ2) is 5.25. The van der Waals surface area contributed by atoms with Gasteiger partial charge in [0.05, 0.1) is 0 Å². The van der Waals surface area contributed by atoms with Crippen LogP contribution in [0.1, 0.15) is 5.56 Å². The first-order chi connectivity index (χ1) is 8.16. The van der Waals surface area contributed by atoms with E-state index < -0.39 is 12.5 Å². The minimum atomic E-state index is -2.70. The van der Waals surface area contributed by atoms with Crippen LogP contribution in [-0.4, -0.2) is 29.2 Å². The molecule has 1 aromatic carbocycles. The average molecular weight is 240 g/mol. The third-order valence-electron chi connectivity index (χ3n) is 2.59. The van der Waals surface area contributed by atoms with Gasteiger partial charge in [0, 0.05) is 24.8 Å². The number of hydrogen-bond donors (Lipinski definition) is 3. The van der Waals surface area contributed by atoms with Gasteiger partial charge in [0.1, 0.15) is 6.10 Å². The monoisotopic (exact) mass is 240 g/mol. The normalized spacial score (nSPS) is 13.4. The quantitative estimate of drug-likeness (QED) is 0.747. The lowest BCUT2D eigenvalue weighted by Crippen LogP contribution is -2.31. The fourth-order valence-corrected chi connectivity index (χ4v) is 1.66. The van der Waals surface area contributed by atoms with Gasteiger partial charge in [-0.2, -0.15) is 0 Å². The van der Waals surface area contributed by atoms with Gasteiger partial charge in [-0.25, -0.2) is 8.78 Å². The zero-order valence-electron chi connectivity index (χ0n) is 9.16. The highest BCUT2D eigenvalue weighted by Crippen LogP contribution is 2.13. The van der Waals surface area contributed by atoms with Crippen molar-refractivity contribution >= 4 is 10.9 Å². The van der Waals surface area contributed by atoms with Gasteiger partial charge in [-0.15, -0.1) is 0 Å². The van der Waals surface area contributed by atoms with Crippen molar-refractivity contribution in [2.24, 2.45) is 0 Å². The Morgan fingerprint density at radius 3 is 2.88 bits per heavy atom. The number of aromatic amines is 1. The molecule has 5 heteroatoms. The van der Waals surface area contributed by atoms with Gasteiger partial charge in [0.15, 0.2) is 0 Å². The van der Waals surface area contributed by atoms with Crippen LogP contribution >= 0.6 is 0 Å². The summed E-state index contributed by atoms with van der Waals surface area (Å²) in [5, 5.41) is 12.8. The topological polar surface area (TPSA) is 48.0 Å². The standard InChI is InChI=1S/C12H14F2N2O/c13-12(14)11(17)7-15-6-8-1-2-9-3-4-16-10(9)5-8/h1-5,11-12,15-17H,6-7H2. The highest BCUT2D eigenvalue weighted by Gasteiger charge is 2.15. The molecule has 0 saturated heterocycles. The summed E-state index contributed by atoms with van der Waals surface area (Å²) in [6.07, 6.45) is -2.46. The van der Waals surface area contributed by atoms with Crippen molar-refractivity contribution in [1.29, 1.82) is 0 Å². The first-order valence-corrected chi connectivity index (χ1v) is 5.40. The van der Waals surface area contributed by atoms with Gasteiger partial charge in [-0.05, 0) is 23.1 Å². The van der Waals surface area contributed by atoms with E-state index in [1.165, 1.54) is 0 Å². The number of fused-ring (bicyclic) bond motifs is 1. The molecule has 92 valence electrons. The molecule has 17 heavy (non-hydrogen) atoms. The summed E-state index contributed by atoms with van der Waals surface area (Å²) in [5.41, 5.74) is 2.00. The number of H-pyrrole nitrogens is 1. The predicted octanol–water partition coefficient (Wildman–Crippen LogP) is 1.88. The van der Waals surface area contributed by atoms with E-state index in [0.717, 1.165) is 16.5 Å². The van der Waals surface area contributed by atoms with Gasteiger partial charge in [0.2, 0.25) is 0 Å². The maximum Gasteiger partial charge on any atom is 0.265 e. The molecule has 2 rings (SSSR count). The molecular formula is C12H14F2N2O. The van der Waals surface area contributed by atoms with Crippen LogP contribution in [0, 0.1) is 0 Å². The molecule has 0 aliphatic rings. The maximum atomic E-state index is 12.0. The Bertz CT molecular complexity index is 484. The molecule has 0 saturated carbocycles. The minimum Gasteiger partial charge on any atom is -0.386 e. The van der Waals surface area contributed by atoms with Crippen LogP contribution in [0.4, 0.5) is 8.78 Å². The summed E-state index contributed by atoms with van der Waals surface area (Å²) in [6, 6.07) is 7.81. The van der Waals surface area contributed by atoms with Crippen molar-refractivity contribution in [3.63, 3.8) is 0 Å². The second-order valence-electron chi connectivity index (χ2n) is 3.93. The van der Waals surface area contributed by atoms with E-state index in [2.05, 4.69) is 10.3 Å². The van der Waals surface area contributed by atoms with E-state index in [4.69, 9.17) is 5.11 Å². The average Bonchev–Trinajstić information content (AvgIpc) is 2.75. The number of nitrogens with one attached hydrogen (secondary N) is 2. The molecule has 0 bridgehead atoms.